The van der Waals surface area contributed by atoms with Crippen molar-refractivity contribution in [2.75, 3.05) is 11.9 Å². The Hall–Kier alpha value is -3.35. The first-order chi connectivity index (χ1) is 14.1. The van der Waals surface area contributed by atoms with Crippen molar-refractivity contribution in [2.45, 2.75) is 46.3 Å². The number of carbonyl (C=O) groups excluding carboxylic acids is 3. The minimum atomic E-state index is -0.577. The number of hydrogen-bond acceptors (Lipinski definition) is 4. The van der Waals surface area contributed by atoms with Crippen LogP contribution in [0.1, 0.15) is 48.7 Å². The average molecular weight is 412 g/mol. The maximum Gasteiger partial charge on any atom is 0.407 e. The molecular weight excluding hydrogens is 382 g/mol. The second-order valence-corrected chi connectivity index (χ2v) is 7.98. The van der Waals surface area contributed by atoms with Gasteiger partial charge >= 0.3 is 6.09 Å². The van der Waals surface area contributed by atoms with Crippen LogP contribution in [-0.4, -0.2) is 30.1 Å². The lowest BCUT2D eigenvalue weighted by Gasteiger charge is -2.19. The minimum absolute atomic E-state index is 0.142. The van der Waals surface area contributed by atoms with Gasteiger partial charge in [0.25, 0.3) is 5.91 Å². The van der Waals surface area contributed by atoms with E-state index in [2.05, 4.69) is 16.0 Å². The molecule has 160 valence electrons. The number of alkyl carbamates (subject to hydrolysis) is 1. The molecule has 0 saturated carbocycles. The molecule has 3 N–H and O–H groups in total. The molecule has 2 rings (SSSR count). The zero-order chi connectivity index (χ0) is 22.1. The topological polar surface area (TPSA) is 96.5 Å². The van der Waals surface area contributed by atoms with Gasteiger partial charge in [0.05, 0.1) is 0 Å². The first kappa shape index (κ1) is 22.9. The lowest BCUT2D eigenvalue weighted by Crippen LogP contribution is -2.35. The van der Waals surface area contributed by atoms with Crippen molar-refractivity contribution in [1.82, 2.24) is 10.6 Å². The summed E-state index contributed by atoms with van der Waals surface area (Å²) in [6.45, 7) is 7.76. The van der Waals surface area contributed by atoms with Gasteiger partial charge in [0.2, 0.25) is 5.91 Å². The molecule has 0 aliphatic rings. The highest BCUT2D eigenvalue weighted by Gasteiger charge is 2.15. The number of aryl methyl sites for hydroxylation is 1. The van der Waals surface area contributed by atoms with E-state index in [0.717, 1.165) is 11.1 Å². The van der Waals surface area contributed by atoms with Gasteiger partial charge in [-0.05, 0) is 57.5 Å². The monoisotopic (exact) mass is 411 g/mol. The highest BCUT2D eigenvalue weighted by molar-refractivity contribution is 6.04. The Morgan fingerprint density at radius 3 is 2.40 bits per heavy atom. The second-order valence-electron chi connectivity index (χ2n) is 7.98. The Morgan fingerprint density at radius 1 is 0.967 bits per heavy atom. The fourth-order valence-corrected chi connectivity index (χ4v) is 2.63. The van der Waals surface area contributed by atoms with Gasteiger partial charge < -0.3 is 20.7 Å². The summed E-state index contributed by atoms with van der Waals surface area (Å²) >= 11 is 0. The summed E-state index contributed by atoms with van der Waals surface area (Å²) in [5, 5.41) is 8.21. The van der Waals surface area contributed by atoms with Crippen LogP contribution in [0.25, 0.3) is 0 Å². The molecule has 0 aliphatic heterocycles. The maximum atomic E-state index is 12.4. The van der Waals surface area contributed by atoms with Crippen LogP contribution in [0.5, 0.6) is 0 Å². The lowest BCUT2D eigenvalue weighted by atomic mass is 10.1. The van der Waals surface area contributed by atoms with E-state index in [4.69, 9.17) is 4.74 Å². The zero-order valence-corrected chi connectivity index (χ0v) is 17.9. The van der Waals surface area contributed by atoms with Crippen LogP contribution in [0.4, 0.5) is 10.5 Å². The molecule has 30 heavy (non-hydrogen) atoms. The van der Waals surface area contributed by atoms with E-state index in [-0.39, 0.29) is 24.8 Å². The Kier molecular flexibility index (Phi) is 7.98. The Bertz CT molecular complexity index is 903. The smallest absolute Gasteiger partial charge is 0.407 e. The van der Waals surface area contributed by atoms with Gasteiger partial charge in [-0.15, -0.1) is 0 Å². The van der Waals surface area contributed by atoms with Crippen molar-refractivity contribution in [3.63, 3.8) is 0 Å². The molecule has 0 aromatic heterocycles. The van der Waals surface area contributed by atoms with Crippen LogP contribution < -0.4 is 16.0 Å². The first-order valence-corrected chi connectivity index (χ1v) is 9.83. The molecule has 0 saturated heterocycles. The van der Waals surface area contributed by atoms with Gasteiger partial charge in [0.1, 0.15) is 5.60 Å². The third kappa shape index (κ3) is 8.34. The van der Waals surface area contributed by atoms with Gasteiger partial charge in [-0.3, -0.25) is 9.59 Å². The number of amides is 3. The fourth-order valence-electron chi connectivity index (χ4n) is 2.63. The summed E-state index contributed by atoms with van der Waals surface area (Å²) in [6, 6.07) is 14.6. The first-order valence-electron chi connectivity index (χ1n) is 9.83. The standard InChI is InChI=1S/C23H29N3O4/c1-16-7-5-9-18(13-16)21(28)26-19-10-6-8-17(14-19)15-25-20(27)11-12-24-22(29)30-23(2,3)4/h5-10,13-14H,11-12,15H2,1-4H3,(H,24,29)(H,25,27)(H,26,28). The van der Waals surface area contributed by atoms with Crippen molar-refractivity contribution in [2.24, 2.45) is 0 Å². The summed E-state index contributed by atoms with van der Waals surface area (Å²) in [4.78, 5) is 35.9. The number of anilines is 1. The number of rotatable bonds is 7. The Labute approximate surface area is 177 Å². The normalized spacial score (nSPS) is 10.8. The van der Waals surface area contributed by atoms with Gasteiger partial charge in [-0.2, -0.15) is 0 Å². The highest BCUT2D eigenvalue weighted by Crippen LogP contribution is 2.13. The molecule has 0 radical (unpaired) electrons. The molecule has 0 heterocycles. The molecule has 0 aliphatic carbocycles. The molecular formula is C23H29N3O4. The third-order valence-electron chi connectivity index (χ3n) is 3.98. The van der Waals surface area contributed by atoms with Crippen molar-refractivity contribution < 1.29 is 19.1 Å². The van der Waals surface area contributed by atoms with E-state index >= 15 is 0 Å². The van der Waals surface area contributed by atoms with Crippen LogP contribution >= 0.6 is 0 Å². The molecule has 7 heteroatoms. The highest BCUT2D eigenvalue weighted by atomic mass is 16.6. The molecule has 0 fully saturated rings. The molecule has 3 amide bonds. The van der Waals surface area contributed by atoms with Gasteiger partial charge in [-0.25, -0.2) is 4.79 Å². The molecule has 2 aromatic carbocycles. The van der Waals surface area contributed by atoms with E-state index in [9.17, 15) is 14.4 Å². The van der Waals surface area contributed by atoms with Crippen molar-refractivity contribution in [3.05, 3.63) is 65.2 Å². The van der Waals surface area contributed by atoms with Gasteiger partial charge in [-0.1, -0.05) is 29.8 Å². The largest absolute Gasteiger partial charge is 0.444 e. The number of carbonyl (C=O) groups is 3. The quantitative estimate of drug-likeness (QED) is 0.646. The van der Waals surface area contributed by atoms with E-state index in [1.165, 1.54) is 0 Å². The van der Waals surface area contributed by atoms with Gasteiger partial charge in [0, 0.05) is 30.8 Å². The third-order valence-corrected chi connectivity index (χ3v) is 3.98. The second kappa shape index (κ2) is 10.4. The zero-order valence-electron chi connectivity index (χ0n) is 17.9. The summed E-state index contributed by atoms with van der Waals surface area (Å²) in [5.74, 6) is -0.381. The number of benzene rings is 2. The van der Waals surface area contributed by atoms with E-state index in [1.54, 1.807) is 32.9 Å². The van der Waals surface area contributed by atoms with E-state index < -0.39 is 11.7 Å². The molecule has 2 aromatic rings. The average Bonchev–Trinajstić information content (AvgIpc) is 2.65. The molecule has 0 atom stereocenters. The van der Waals surface area contributed by atoms with Crippen molar-refractivity contribution in [3.8, 4) is 0 Å². The van der Waals surface area contributed by atoms with Crippen LogP contribution in [0.2, 0.25) is 0 Å². The summed E-state index contributed by atoms with van der Waals surface area (Å²) in [5.41, 5.74) is 2.53. The molecule has 0 bridgehead atoms. The van der Waals surface area contributed by atoms with Crippen molar-refractivity contribution in [1.29, 1.82) is 0 Å². The molecule has 0 spiro atoms. The van der Waals surface area contributed by atoms with E-state index in [0.29, 0.717) is 17.8 Å². The molecule has 0 unspecified atom stereocenters. The Morgan fingerprint density at radius 2 is 1.70 bits per heavy atom. The van der Waals surface area contributed by atoms with Crippen LogP contribution in [0, 0.1) is 6.92 Å². The van der Waals surface area contributed by atoms with Crippen molar-refractivity contribution >= 4 is 23.6 Å². The van der Waals surface area contributed by atoms with Crippen LogP contribution in [-0.2, 0) is 16.1 Å². The summed E-state index contributed by atoms with van der Waals surface area (Å²) in [6.07, 6.45) is -0.407. The fraction of sp³-hybridized carbons (Fsp3) is 0.348. The predicted molar refractivity (Wildman–Crippen MR) is 116 cm³/mol. The number of ether oxygens (including phenoxy) is 1. The van der Waals surface area contributed by atoms with Gasteiger partial charge in [0.15, 0.2) is 0 Å². The number of nitrogens with one attached hydrogen (secondary N) is 3. The summed E-state index contributed by atoms with van der Waals surface area (Å²) < 4.78 is 5.12. The predicted octanol–water partition coefficient (Wildman–Crippen LogP) is 3.78. The molecule has 7 nitrogen and oxygen atoms in total. The lowest BCUT2D eigenvalue weighted by molar-refractivity contribution is -0.121. The SMILES string of the molecule is Cc1cccc(C(=O)Nc2cccc(CNC(=O)CCNC(=O)OC(C)(C)C)c2)c1. The number of hydrogen-bond donors (Lipinski definition) is 3. The van der Waals surface area contributed by atoms with Crippen LogP contribution in [0.3, 0.4) is 0 Å². The minimum Gasteiger partial charge on any atom is -0.444 e. The maximum absolute atomic E-state index is 12.4. The summed E-state index contributed by atoms with van der Waals surface area (Å²) in [7, 11) is 0. The Balaban J connectivity index is 1.79. The van der Waals surface area contributed by atoms with Crippen LogP contribution in [0.15, 0.2) is 48.5 Å². The van der Waals surface area contributed by atoms with E-state index in [1.807, 2.05) is 43.3 Å².